The lowest BCUT2D eigenvalue weighted by atomic mass is 9.96. The first-order chi connectivity index (χ1) is 9.51. The molecule has 1 rings (SSSR count). The minimum Gasteiger partial charge on any atom is -0.355 e. The molecule has 0 saturated heterocycles. The topological polar surface area (TPSA) is 55.1 Å². The van der Waals surface area contributed by atoms with Gasteiger partial charge in [0.25, 0.3) is 0 Å². The third kappa shape index (κ3) is 5.38. The molecule has 1 atom stereocenters. The van der Waals surface area contributed by atoms with E-state index in [-0.39, 0.29) is 11.8 Å². The number of nitrogens with one attached hydrogen (secondary N) is 1. The number of benzene rings is 1. The molecule has 0 aromatic heterocycles. The zero-order valence-electron chi connectivity index (χ0n) is 12.4. The number of alkyl halides is 3. The molecule has 118 valence electrons. The number of nitrogens with two attached hydrogens (primary N) is 1. The van der Waals surface area contributed by atoms with Crippen LogP contribution in [0, 0.1) is 0 Å². The molecule has 0 spiro atoms. The van der Waals surface area contributed by atoms with Crippen molar-refractivity contribution in [3.63, 3.8) is 0 Å². The molecule has 0 aliphatic heterocycles. The van der Waals surface area contributed by atoms with Crippen LogP contribution in [-0.2, 0) is 11.0 Å². The number of amides is 1. The minimum atomic E-state index is -4.34. The monoisotopic (exact) mass is 302 g/mol. The van der Waals surface area contributed by atoms with Crippen LogP contribution < -0.4 is 11.1 Å². The van der Waals surface area contributed by atoms with E-state index in [0.717, 1.165) is 12.1 Å². The average Bonchev–Trinajstić information content (AvgIpc) is 2.36. The molecule has 0 saturated carbocycles. The van der Waals surface area contributed by atoms with Crippen LogP contribution in [0.4, 0.5) is 13.2 Å². The summed E-state index contributed by atoms with van der Waals surface area (Å²) in [6, 6.07) is 5.26. The number of carbonyl (C=O) groups excluding carboxylic acids is 1. The van der Waals surface area contributed by atoms with Crippen molar-refractivity contribution >= 4 is 5.91 Å². The smallest absolute Gasteiger partial charge is 0.355 e. The SMILES string of the molecule is CC(CCNC(=O)C(C)(C)N)c1cccc(C(F)(F)F)c1. The van der Waals surface area contributed by atoms with Gasteiger partial charge in [-0.3, -0.25) is 4.79 Å². The van der Waals surface area contributed by atoms with Crippen molar-refractivity contribution in [3.05, 3.63) is 35.4 Å². The lowest BCUT2D eigenvalue weighted by Gasteiger charge is -2.19. The molecule has 0 bridgehead atoms. The summed E-state index contributed by atoms with van der Waals surface area (Å²) >= 11 is 0. The van der Waals surface area contributed by atoms with Gasteiger partial charge in [0.2, 0.25) is 5.91 Å². The van der Waals surface area contributed by atoms with Crippen molar-refractivity contribution in [1.82, 2.24) is 5.32 Å². The van der Waals surface area contributed by atoms with Crippen LogP contribution in [0.15, 0.2) is 24.3 Å². The molecule has 1 aromatic rings. The van der Waals surface area contributed by atoms with Crippen molar-refractivity contribution in [2.75, 3.05) is 6.54 Å². The number of hydrogen-bond acceptors (Lipinski definition) is 2. The summed E-state index contributed by atoms with van der Waals surface area (Å²) in [5.41, 5.74) is 4.63. The van der Waals surface area contributed by atoms with Gasteiger partial charge in [-0.1, -0.05) is 25.1 Å². The summed E-state index contributed by atoms with van der Waals surface area (Å²) in [6.45, 7) is 5.39. The van der Waals surface area contributed by atoms with E-state index in [2.05, 4.69) is 5.32 Å². The van der Waals surface area contributed by atoms with Crippen LogP contribution in [0.2, 0.25) is 0 Å². The van der Waals surface area contributed by atoms with E-state index in [9.17, 15) is 18.0 Å². The third-order valence-electron chi connectivity index (χ3n) is 3.23. The summed E-state index contributed by atoms with van der Waals surface area (Å²) in [7, 11) is 0. The van der Waals surface area contributed by atoms with Crippen molar-refractivity contribution in [2.24, 2.45) is 5.73 Å². The molecular weight excluding hydrogens is 281 g/mol. The molecule has 0 fully saturated rings. The highest BCUT2D eigenvalue weighted by Gasteiger charge is 2.30. The molecule has 6 heteroatoms. The van der Waals surface area contributed by atoms with Gasteiger partial charge in [0, 0.05) is 6.54 Å². The fourth-order valence-corrected chi connectivity index (χ4v) is 1.82. The molecule has 0 heterocycles. The maximum Gasteiger partial charge on any atom is 0.416 e. The maximum atomic E-state index is 12.6. The summed E-state index contributed by atoms with van der Waals surface area (Å²) in [6.07, 6.45) is -3.79. The molecule has 1 aromatic carbocycles. The Morgan fingerprint density at radius 2 is 1.95 bits per heavy atom. The normalized spacial score (nSPS) is 13.9. The molecule has 3 nitrogen and oxygen atoms in total. The highest BCUT2D eigenvalue weighted by atomic mass is 19.4. The first-order valence-electron chi connectivity index (χ1n) is 6.76. The number of hydrogen-bond donors (Lipinski definition) is 2. The number of carbonyl (C=O) groups is 1. The Bertz CT molecular complexity index is 492. The van der Waals surface area contributed by atoms with E-state index in [0.29, 0.717) is 18.5 Å². The Morgan fingerprint density at radius 1 is 1.33 bits per heavy atom. The van der Waals surface area contributed by atoms with Crippen molar-refractivity contribution < 1.29 is 18.0 Å². The molecule has 0 aliphatic rings. The lowest BCUT2D eigenvalue weighted by Crippen LogP contribution is -2.49. The van der Waals surface area contributed by atoms with Gasteiger partial charge in [-0.2, -0.15) is 13.2 Å². The molecular formula is C15H21F3N2O. The van der Waals surface area contributed by atoms with E-state index in [1.165, 1.54) is 6.07 Å². The first-order valence-corrected chi connectivity index (χ1v) is 6.76. The quantitative estimate of drug-likeness (QED) is 0.878. The van der Waals surface area contributed by atoms with Gasteiger partial charge in [0.1, 0.15) is 0 Å². The number of halogens is 3. The molecule has 21 heavy (non-hydrogen) atoms. The second-order valence-electron chi connectivity index (χ2n) is 5.79. The fraction of sp³-hybridized carbons (Fsp3) is 0.533. The standard InChI is InChI=1S/C15H21F3N2O/c1-10(7-8-20-13(21)14(2,3)19)11-5-4-6-12(9-11)15(16,17)18/h4-6,9-10H,7-8,19H2,1-3H3,(H,20,21). The summed E-state index contributed by atoms with van der Waals surface area (Å²) in [4.78, 5) is 11.6. The Morgan fingerprint density at radius 3 is 2.48 bits per heavy atom. The second kappa shape index (κ2) is 6.47. The van der Waals surface area contributed by atoms with Crippen LogP contribution in [0.25, 0.3) is 0 Å². The Hall–Kier alpha value is -1.56. The van der Waals surface area contributed by atoms with Crippen molar-refractivity contribution in [3.8, 4) is 0 Å². The van der Waals surface area contributed by atoms with Gasteiger partial charge in [-0.05, 0) is 37.8 Å². The fourth-order valence-electron chi connectivity index (χ4n) is 1.82. The van der Waals surface area contributed by atoms with Gasteiger partial charge < -0.3 is 11.1 Å². The second-order valence-corrected chi connectivity index (χ2v) is 5.79. The first kappa shape index (κ1) is 17.5. The van der Waals surface area contributed by atoms with Crippen LogP contribution in [0.1, 0.15) is 44.2 Å². The van der Waals surface area contributed by atoms with Crippen LogP contribution in [-0.4, -0.2) is 18.0 Å². The zero-order chi connectivity index (χ0) is 16.3. The Balaban J connectivity index is 2.61. The van der Waals surface area contributed by atoms with Crippen LogP contribution in [0.5, 0.6) is 0 Å². The van der Waals surface area contributed by atoms with E-state index in [4.69, 9.17) is 5.73 Å². The highest BCUT2D eigenvalue weighted by molar-refractivity contribution is 5.84. The van der Waals surface area contributed by atoms with Crippen molar-refractivity contribution in [1.29, 1.82) is 0 Å². The minimum absolute atomic E-state index is 0.0894. The van der Waals surface area contributed by atoms with Gasteiger partial charge >= 0.3 is 6.18 Å². The van der Waals surface area contributed by atoms with E-state index >= 15 is 0 Å². The van der Waals surface area contributed by atoms with Gasteiger partial charge in [-0.25, -0.2) is 0 Å². The zero-order valence-corrected chi connectivity index (χ0v) is 12.4. The summed E-state index contributed by atoms with van der Waals surface area (Å²) in [5.74, 6) is -0.368. The van der Waals surface area contributed by atoms with E-state index < -0.39 is 17.3 Å². The number of rotatable bonds is 5. The molecule has 1 unspecified atom stereocenters. The van der Waals surface area contributed by atoms with E-state index in [1.54, 1.807) is 19.9 Å². The van der Waals surface area contributed by atoms with Crippen LogP contribution in [0.3, 0.4) is 0 Å². The lowest BCUT2D eigenvalue weighted by molar-refractivity contribution is -0.137. The van der Waals surface area contributed by atoms with Gasteiger partial charge in [0.05, 0.1) is 11.1 Å². The molecule has 0 radical (unpaired) electrons. The predicted octanol–water partition coefficient (Wildman–Crippen LogP) is 3.05. The highest BCUT2D eigenvalue weighted by Crippen LogP contribution is 2.31. The summed E-state index contributed by atoms with van der Waals surface area (Å²) < 4.78 is 37.9. The maximum absolute atomic E-state index is 12.6. The largest absolute Gasteiger partial charge is 0.416 e. The Labute approximate surface area is 122 Å². The molecule has 0 aliphatic carbocycles. The molecule has 3 N–H and O–H groups in total. The van der Waals surface area contributed by atoms with Gasteiger partial charge in [0.15, 0.2) is 0 Å². The van der Waals surface area contributed by atoms with E-state index in [1.807, 2.05) is 6.92 Å². The van der Waals surface area contributed by atoms with Gasteiger partial charge in [-0.15, -0.1) is 0 Å². The average molecular weight is 302 g/mol. The third-order valence-corrected chi connectivity index (χ3v) is 3.23. The Kier molecular flexibility index (Phi) is 5.39. The van der Waals surface area contributed by atoms with Crippen LogP contribution >= 0.6 is 0 Å². The summed E-state index contributed by atoms with van der Waals surface area (Å²) in [5, 5.41) is 2.68. The van der Waals surface area contributed by atoms with Crippen molar-refractivity contribution in [2.45, 2.75) is 44.8 Å². The molecule has 1 amide bonds. The predicted molar refractivity (Wildman–Crippen MR) is 75.8 cm³/mol.